The van der Waals surface area contributed by atoms with E-state index >= 15 is 0 Å². The maximum absolute atomic E-state index is 13.1. The van der Waals surface area contributed by atoms with Crippen molar-refractivity contribution in [2.45, 2.75) is 39.4 Å². The predicted octanol–water partition coefficient (Wildman–Crippen LogP) is 2.20. The van der Waals surface area contributed by atoms with Crippen LogP contribution in [0.1, 0.15) is 26.3 Å². The smallest absolute Gasteiger partial charge is 0.332 e. The normalized spacial score (nSPS) is 11.6. The molecule has 0 aliphatic heterocycles. The molecule has 1 aromatic carbocycles. The van der Waals surface area contributed by atoms with Crippen molar-refractivity contribution in [1.29, 1.82) is 0 Å². The number of hydrogen-bond acceptors (Lipinski definition) is 5. The molecule has 1 amide bonds. The van der Waals surface area contributed by atoms with Gasteiger partial charge < -0.3 is 10.1 Å². The first kappa shape index (κ1) is 19.9. The summed E-state index contributed by atoms with van der Waals surface area (Å²) < 4.78 is 8.13. The first-order valence-corrected chi connectivity index (χ1v) is 9.72. The molecule has 0 saturated carbocycles. The second kappa shape index (κ2) is 7.63. The van der Waals surface area contributed by atoms with Crippen LogP contribution in [0.5, 0.6) is 5.75 Å². The number of benzene rings is 1. The van der Waals surface area contributed by atoms with Gasteiger partial charge in [-0.2, -0.15) is 0 Å². The number of fused-ring (bicyclic) bond motifs is 1. The van der Waals surface area contributed by atoms with Crippen LogP contribution in [0.3, 0.4) is 0 Å². The molecule has 0 unspecified atom stereocenters. The maximum Gasteiger partial charge on any atom is 0.332 e. The van der Waals surface area contributed by atoms with E-state index in [2.05, 4.69) is 5.32 Å². The van der Waals surface area contributed by atoms with Crippen molar-refractivity contribution >= 4 is 27.5 Å². The van der Waals surface area contributed by atoms with E-state index in [0.717, 1.165) is 5.56 Å². The standard InChI is InChI=1S/C20H23N3O4S/c1-20(2,3)21-16(24)12-22-15-9-10-28-17(15)18(25)23(19(22)26)11-13-5-7-14(27-4)8-6-13/h5-10H,11-12H2,1-4H3,(H,21,24). The molecule has 0 saturated heterocycles. The average molecular weight is 401 g/mol. The zero-order valence-corrected chi connectivity index (χ0v) is 17.1. The van der Waals surface area contributed by atoms with Crippen LogP contribution in [0.25, 0.3) is 10.2 Å². The molecule has 2 aromatic heterocycles. The van der Waals surface area contributed by atoms with Gasteiger partial charge in [0.05, 0.1) is 19.2 Å². The van der Waals surface area contributed by atoms with Crippen LogP contribution in [0.2, 0.25) is 0 Å². The maximum atomic E-state index is 13.1. The molecule has 3 rings (SSSR count). The van der Waals surface area contributed by atoms with E-state index in [4.69, 9.17) is 4.74 Å². The fraction of sp³-hybridized carbons (Fsp3) is 0.350. The number of thiophene rings is 1. The molecular weight excluding hydrogens is 378 g/mol. The first-order chi connectivity index (χ1) is 13.2. The molecular formula is C20H23N3O4S. The van der Waals surface area contributed by atoms with E-state index in [1.807, 2.05) is 20.8 Å². The molecule has 8 heteroatoms. The summed E-state index contributed by atoms with van der Waals surface area (Å²) in [5.74, 6) is 0.415. The number of carbonyl (C=O) groups excluding carboxylic acids is 1. The highest BCUT2D eigenvalue weighted by Gasteiger charge is 2.19. The second-order valence-electron chi connectivity index (χ2n) is 7.54. The van der Waals surface area contributed by atoms with Gasteiger partial charge in [0.25, 0.3) is 5.56 Å². The molecule has 28 heavy (non-hydrogen) atoms. The summed E-state index contributed by atoms with van der Waals surface area (Å²) in [6.45, 7) is 5.60. The Morgan fingerprint density at radius 2 is 1.79 bits per heavy atom. The Morgan fingerprint density at radius 3 is 2.39 bits per heavy atom. The molecule has 0 fully saturated rings. The average Bonchev–Trinajstić information content (AvgIpc) is 3.11. The molecule has 0 aliphatic carbocycles. The molecule has 3 aromatic rings. The third-order valence-corrected chi connectivity index (χ3v) is 5.04. The number of carbonyl (C=O) groups is 1. The van der Waals surface area contributed by atoms with Crippen molar-refractivity contribution < 1.29 is 9.53 Å². The summed E-state index contributed by atoms with van der Waals surface area (Å²) in [6, 6.07) is 8.86. The van der Waals surface area contributed by atoms with E-state index in [-0.39, 0.29) is 24.6 Å². The van der Waals surface area contributed by atoms with Crippen LogP contribution >= 0.6 is 11.3 Å². The second-order valence-corrected chi connectivity index (χ2v) is 8.46. The van der Waals surface area contributed by atoms with Gasteiger partial charge in [0, 0.05) is 5.54 Å². The van der Waals surface area contributed by atoms with Crippen LogP contribution in [0, 0.1) is 0 Å². The summed E-state index contributed by atoms with van der Waals surface area (Å²) in [5, 5.41) is 4.60. The van der Waals surface area contributed by atoms with E-state index in [1.54, 1.807) is 42.8 Å². The summed E-state index contributed by atoms with van der Waals surface area (Å²) in [6.07, 6.45) is 0. The number of rotatable bonds is 5. The fourth-order valence-corrected chi connectivity index (χ4v) is 3.78. The molecule has 0 aliphatic rings. The van der Waals surface area contributed by atoms with Crippen molar-refractivity contribution in [2.24, 2.45) is 0 Å². The van der Waals surface area contributed by atoms with Crippen LogP contribution in [-0.4, -0.2) is 27.7 Å². The number of hydrogen-bond donors (Lipinski definition) is 1. The number of nitrogens with zero attached hydrogens (tertiary/aromatic N) is 2. The summed E-state index contributed by atoms with van der Waals surface area (Å²) in [4.78, 5) is 38.3. The summed E-state index contributed by atoms with van der Waals surface area (Å²) >= 11 is 1.26. The lowest BCUT2D eigenvalue weighted by Crippen LogP contribution is -2.46. The highest BCUT2D eigenvalue weighted by molar-refractivity contribution is 7.17. The van der Waals surface area contributed by atoms with Crippen LogP contribution in [-0.2, 0) is 17.9 Å². The quantitative estimate of drug-likeness (QED) is 0.711. The van der Waals surface area contributed by atoms with Gasteiger partial charge in [0.2, 0.25) is 5.91 Å². The lowest BCUT2D eigenvalue weighted by atomic mass is 10.1. The fourth-order valence-electron chi connectivity index (χ4n) is 2.94. The predicted molar refractivity (Wildman–Crippen MR) is 110 cm³/mol. The van der Waals surface area contributed by atoms with Crippen molar-refractivity contribution in [3.63, 3.8) is 0 Å². The molecule has 7 nitrogen and oxygen atoms in total. The van der Waals surface area contributed by atoms with E-state index in [0.29, 0.717) is 16.0 Å². The van der Waals surface area contributed by atoms with Crippen LogP contribution in [0.15, 0.2) is 45.3 Å². The number of methoxy groups -OCH3 is 1. The Bertz CT molecular complexity index is 1120. The molecule has 0 atom stereocenters. The largest absolute Gasteiger partial charge is 0.497 e. The highest BCUT2D eigenvalue weighted by atomic mass is 32.1. The Morgan fingerprint density at radius 1 is 1.11 bits per heavy atom. The lowest BCUT2D eigenvalue weighted by molar-refractivity contribution is -0.123. The Kier molecular flexibility index (Phi) is 5.42. The monoisotopic (exact) mass is 401 g/mol. The van der Waals surface area contributed by atoms with Crippen LogP contribution in [0.4, 0.5) is 0 Å². The van der Waals surface area contributed by atoms with Gasteiger partial charge >= 0.3 is 5.69 Å². The zero-order valence-electron chi connectivity index (χ0n) is 16.3. The minimum atomic E-state index is -0.504. The number of amides is 1. The van der Waals surface area contributed by atoms with E-state index < -0.39 is 11.2 Å². The minimum absolute atomic E-state index is 0.121. The molecule has 0 spiro atoms. The SMILES string of the molecule is COc1ccc(Cn2c(=O)c3sccc3n(CC(=O)NC(C)(C)C)c2=O)cc1. The Labute approximate surface area is 166 Å². The third-order valence-electron chi connectivity index (χ3n) is 4.15. The minimum Gasteiger partial charge on any atom is -0.497 e. The number of nitrogens with one attached hydrogen (secondary N) is 1. The number of ether oxygens (including phenoxy) is 1. The topological polar surface area (TPSA) is 82.3 Å². The summed E-state index contributed by atoms with van der Waals surface area (Å²) in [5.41, 5.74) is 0.0112. The van der Waals surface area contributed by atoms with E-state index in [9.17, 15) is 14.4 Å². The van der Waals surface area contributed by atoms with Gasteiger partial charge in [-0.25, -0.2) is 4.79 Å². The number of aromatic nitrogens is 2. The van der Waals surface area contributed by atoms with Crippen LogP contribution < -0.4 is 21.3 Å². The molecule has 0 bridgehead atoms. The van der Waals surface area contributed by atoms with Gasteiger partial charge in [-0.15, -0.1) is 11.3 Å². The lowest BCUT2D eigenvalue weighted by Gasteiger charge is -2.21. The molecule has 0 radical (unpaired) electrons. The van der Waals surface area contributed by atoms with Crippen molar-refractivity contribution in [3.8, 4) is 5.75 Å². The first-order valence-electron chi connectivity index (χ1n) is 8.84. The zero-order chi connectivity index (χ0) is 20.5. The molecule has 2 heterocycles. The third kappa shape index (κ3) is 4.17. The van der Waals surface area contributed by atoms with E-state index in [1.165, 1.54) is 20.5 Å². The molecule has 1 N–H and O–H groups in total. The molecule has 148 valence electrons. The van der Waals surface area contributed by atoms with Gasteiger partial charge in [-0.3, -0.25) is 18.7 Å². The van der Waals surface area contributed by atoms with Gasteiger partial charge in [-0.1, -0.05) is 12.1 Å². The van der Waals surface area contributed by atoms with Crippen molar-refractivity contribution in [1.82, 2.24) is 14.5 Å². The van der Waals surface area contributed by atoms with Gasteiger partial charge in [0.1, 0.15) is 17.0 Å². The Balaban J connectivity index is 2.04. The van der Waals surface area contributed by atoms with Crippen molar-refractivity contribution in [2.75, 3.05) is 7.11 Å². The van der Waals surface area contributed by atoms with Crippen molar-refractivity contribution in [3.05, 3.63) is 62.1 Å². The van der Waals surface area contributed by atoms with Gasteiger partial charge in [-0.05, 0) is 49.9 Å². The summed E-state index contributed by atoms with van der Waals surface area (Å²) in [7, 11) is 1.57. The van der Waals surface area contributed by atoms with Gasteiger partial charge in [0.15, 0.2) is 0 Å². The Hall–Kier alpha value is -2.87. The highest BCUT2D eigenvalue weighted by Crippen LogP contribution is 2.16.